The topological polar surface area (TPSA) is 86.8 Å². The number of sulfonamides is 1. The van der Waals surface area contributed by atoms with Gasteiger partial charge in [-0.05, 0) is 69.5 Å². The van der Waals surface area contributed by atoms with Crippen molar-refractivity contribution in [2.24, 2.45) is 0 Å². The minimum absolute atomic E-state index is 0.0596. The van der Waals surface area contributed by atoms with Gasteiger partial charge in [0.2, 0.25) is 11.8 Å². The van der Waals surface area contributed by atoms with Gasteiger partial charge >= 0.3 is 0 Å². The summed E-state index contributed by atoms with van der Waals surface area (Å²) in [5, 5.41) is 3.53. The SMILES string of the molecule is Cc1ccc(N(CC(=O)N(Cc2ccccc2Cl)C(C)C(=O)NC2CCCC2)S(=O)(=O)c2ccc(C)cc2)cc1. The smallest absolute Gasteiger partial charge is 0.264 e. The molecule has 0 aliphatic heterocycles. The maximum Gasteiger partial charge on any atom is 0.264 e. The molecule has 1 fully saturated rings. The number of halogens is 1. The maximum absolute atomic E-state index is 14.0. The summed E-state index contributed by atoms with van der Waals surface area (Å²) in [6, 6.07) is 19.9. The number of carbonyl (C=O) groups is 2. The lowest BCUT2D eigenvalue weighted by Crippen LogP contribution is -2.52. The minimum atomic E-state index is -4.10. The average Bonchev–Trinajstić information content (AvgIpc) is 3.44. The van der Waals surface area contributed by atoms with Crippen LogP contribution >= 0.6 is 11.6 Å². The maximum atomic E-state index is 14.0. The predicted octanol–water partition coefficient (Wildman–Crippen LogP) is 5.63. The lowest BCUT2D eigenvalue weighted by molar-refractivity contribution is -0.139. The summed E-state index contributed by atoms with van der Waals surface area (Å²) >= 11 is 6.43. The van der Waals surface area contributed by atoms with E-state index in [9.17, 15) is 18.0 Å². The second kappa shape index (κ2) is 12.9. The molecule has 0 heterocycles. The summed E-state index contributed by atoms with van der Waals surface area (Å²) in [5.74, 6) is -0.777. The van der Waals surface area contributed by atoms with Gasteiger partial charge in [0, 0.05) is 17.6 Å². The Bertz CT molecular complexity index is 1440. The highest BCUT2D eigenvalue weighted by molar-refractivity contribution is 7.92. The summed E-state index contributed by atoms with van der Waals surface area (Å²) in [6.45, 7) is 5.03. The molecule has 1 aliphatic carbocycles. The number of hydrogen-bond acceptors (Lipinski definition) is 4. The fourth-order valence-electron chi connectivity index (χ4n) is 4.86. The molecule has 1 saturated carbocycles. The number of carbonyl (C=O) groups excluding carboxylic acids is 2. The average molecular weight is 582 g/mol. The summed E-state index contributed by atoms with van der Waals surface area (Å²) in [5.41, 5.74) is 2.91. The van der Waals surface area contributed by atoms with Crippen LogP contribution in [0.1, 0.15) is 49.3 Å². The highest BCUT2D eigenvalue weighted by Crippen LogP contribution is 2.26. The Kier molecular flexibility index (Phi) is 9.53. The van der Waals surface area contributed by atoms with Gasteiger partial charge in [0.15, 0.2) is 0 Å². The van der Waals surface area contributed by atoms with E-state index in [1.165, 1.54) is 17.0 Å². The summed E-state index contributed by atoms with van der Waals surface area (Å²) < 4.78 is 28.9. The Morgan fingerprint density at radius 3 is 2.10 bits per heavy atom. The number of amides is 2. The van der Waals surface area contributed by atoms with Crippen molar-refractivity contribution >= 4 is 39.1 Å². The van der Waals surface area contributed by atoms with Crippen molar-refractivity contribution in [1.29, 1.82) is 0 Å². The highest BCUT2D eigenvalue weighted by atomic mass is 35.5. The Labute approximate surface area is 242 Å². The summed E-state index contributed by atoms with van der Waals surface area (Å²) in [7, 11) is -4.10. The standard InChI is InChI=1S/C31H36ClN3O4S/c1-22-12-16-27(17-13-22)35(40(38,39)28-18-14-23(2)15-19-28)21-30(36)34(20-25-8-4-7-11-29(25)32)24(3)31(37)33-26-9-5-6-10-26/h4,7-8,11-19,24,26H,5-6,9-10,20-21H2,1-3H3,(H,33,37). The van der Waals surface area contributed by atoms with E-state index in [-0.39, 0.29) is 23.4 Å². The quantitative estimate of drug-likeness (QED) is 0.336. The van der Waals surface area contributed by atoms with Crippen molar-refractivity contribution in [3.63, 3.8) is 0 Å². The zero-order valence-corrected chi connectivity index (χ0v) is 24.7. The third kappa shape index (κ3) is 7.04. The Morgan fingerprint density at radius 2 is 1.50 bits per heavy atom. The molecule has 0 radical (unpaired) electrons. The first-order valence-electron chi connectivity index (χ1n) is 13.6. The first-order chi connectivity index (χ1) is 19.1. The normalized spacial score (nSPS) is 14.5. The van der Waals surface area contributed by atoms with E-state index < -0.39 is 28.5 Å². The van der Waals surface area contributed by atoms with Gasteiger partial charge in [-0.25, -0.2) is 8.42 Å². The lowest BCUT2D eigenvalue weighted by Gasteiger charge is -2.32. The van der Waals surface area contributed by atoms with Crippen molar-refractivity contribution in [1.82, 2.24) is 10.2 Å². The third-order valence-corrected chi connectivity index (χ3v) is 9.53. The van der Waals surface area contributed by atoms with Crippen molar-refractivity contribution in [2.75, 3.05) is 10.8 Å². The Balaban J connectivity index is 1.69. The third-order valence-electron chi connectivity index (χ3n) is 7.38. The number of nitrogens with zero attached hydrogens (tertiary/aromatic N) is 2. The van der Waals surface area contributed by atoms with Gasteiger partial charge in [-0.2, -0.15) is 0 Å². The van der Waals surface area contributed by atoms with Crippen LogP contribution in [0.5, 0.6) is 0 Å². The summed E-state index contributed by atoms with van der Waals surface area (Å²) in [6.07, 6.45) is 3.94. The van der Waals surface area contributed by atoms with E-state index in [2.05, 4.69) is 5.32 Å². The molecule has 1 N–H and O–H groups in total. The monoisotopic (exact) mass is 581 g/mol. The van der Waals surface area contributed by atoms with E-state index in [0.29, 0.717) is 16.3 Å². The molecule has 1 atom stereocenters. The first kappa shape index (κ1) is 29.6. The molecular weight excluding hydrogens is 546 g/mol. The van der Waals surface area contributed by atoms with Gasteiger partial charge in [0.05, 0.1) is 10.6 Å². The molecule has 0 spiro atoms. The van der Waals surface area contributed by atoms with E-state index >= 15 is 0 Å². The van der Waals surface area contributed by atoms with E-state index in [1.807, 2.05) is 19.9 Å². The molecule has 1 aliphatic rings. The van der Waals surface area contributed by atoms with Gasteiger partial charge in [0.25, 0.3) is 10.0 Å². The van der Waals surface area contributed by atoms with Crippen LogP contribution in [0.2, 0.25) is 5.02 Å². The number of aryl methyl sites for hydroxylation is 2. The minimum Gasteiger partial charge on any atom is -0.352 e. The van der Waals surface area contributed by atoms with Crippen LogP contribution in [0.15, 0.2) is 77.7 Å². The Morgan fingerprint density at radius 1 is 0.925 bits per heavy atom. The van der Waals surface area contributed by atoms with Gasteiger partial charge < -0.3 is 10.2 Å². The molecule has 0 saturated heterocycles. The fourth-order valence-corrected chi connectivity index (χ4v) is 6.47. The second-order valence-corrected chi connectivity index (χ2v) is 12.7. The van der Waals surface area contributed by atoms with Crippen LogP contribution in [0.3, 0.4) is 0 Å². The lowest BCUT2D eigenvalue weighted by atomic mass is 10.1. The van der Waals surface area contributed by atoms with Crippen molar-refractivity contribution in [3.05, 3.63) is 94.5 Å². The predicted molar refractivity (Wildman–Crippen MR) is 159 cm³/mol. The molecule has 4 rings (SSSR count). The zero-order valence-electron chi connectivity index (χ0n) is 23.1. The molecular formula is C31H36ClN3O4S. The van der Waals surface area contributed by atoms with Crippen LogP contribution in [0.25, 0.3) is 0 Å². The molecule has 3 aromatic carbocycles. The molecule has 0 bridgehead atoms. The Hall–Kier alpha value is -3.36. The first-order valence-corrected chi connectivity index (χ1v) is 15.4. The summed E-state index contributed by atoms with van der Waals surface area (Å²) in [4.78, 5) is 28.8. The van der Waals surface area contributed by atoms with Gasteiger partial charge in [0.1, 0.15) is 12.6 Å². The van der Waals surface area contributed by atoms with Gasteiger partial charge in [-0.1, -0.05) is 78.0 Å². The fraction of sp³-hybridized carbons (Fsp3) is 0.355. The van der Waals surface area contributed by atoms with Crippen LogP contribution in [0, 0.1) is 13.8 Å². The van der Waals surface area contributed by atoms with Crippen LogP contribution in [-0.4, -0.2) is 43.8 Å². The molecule has 9 heteroatoms. The number of hydrogen-bond donors (Lipinski definition) is 1. The number of rotatable bonds is 10. The van der Waals surface area contributed by atoms with E-state index in [4.69, 9.17) is 11.6 Å². The molecule has 1 unspecified atom stereocenters. The second-order valence-electron chi connectivity index (χ2n) is 10.4. The molecule has 2 amide bonds. The van der Waals surface area contributed by atoms with Crippen molar-refractivity contribution < 1.29 is 18.0 Å². The van der Waals surface area contributed by atoms with E-state index in [1.54, 1.807) is 61.5 Å². The van der Waals surface area contributed by atoms with Gasteiger partial charge in [-0.3, -0.25) is 13.9 Å². The molecule has 40 heavy (non-hydrogen) atoms. The van der Waals surface area contributed by atoms with E-state index in [0.717, 1.165) is 41.1 Å². The zero-order chi connectivity index (χ0) is 28.9. The largest absolute Gasteiger partial charge is 0.352 e. The molecule has 0 aromatic heterocycles. The highest BCUT2D eigenvalue weighted by Gasteiger charge is 2.33. The number of nitrogens with one attached hydrogen (secondary N) is 1. The molecule has 212 valence electrons. The van der Waals surface area contributed by atoms with Crippen molar-refractivity contribution in [3.8, 4) is 0 Å². The number of benzene rings is 3. The molecule has 7 nitrogen and oxygen atoms in total. The van der Waals surface area contributed by atoms with Crippen LogP contribution < -0.4 is 9.62 Å². The van der Waals surface area contributed by atoms with Crippen LogP contribution in [-0.2, 0) is 26.2 Å². The van der Waals surface area contributed by atoms with Crippen molar-refractivity contribution in [2.45, 2.75) is 70.0 Å². The number of anilines is 1. The molecule has 3 aromatic rings. The van der Waals surface area contributed by atoms with Crippen LogP contribution in [0.4, 0.5) is 5.69 Å². The van der Waals surface area contributed by atoms with Gasteiger partial charge in [-0.15, -0.1) is 0 Å².